The molecule has 0 atom stereocenters. The van der Waals surface area contributed by atoms with E-state index >= 15 is 0 Å². The highest BCUT2D eigenvalue weighted by Gasteiger charge is 2.35. The van der Waals surface area contributed by atoms with Crippen molar-refractivity contribution in [1.82, 2.24) is 20.7 Å². The molecular formula is C18H39FN4. The molecule has 138 valence electrons. The molecule has 0 aromatic rings. The molecule has 0 amide bonds. The van der Waals surface area contributed by atoms with Gasteiger partial charge in [0.1, 0.15) is 5.67 Å². The summed E-state index contributed by atoms with van der Waals surface area (Å²) >= 11 is 0. The highest BCUT2D eigenvalue weighted by molar-refractivity contribution is 4.89. The predicted octanol–water partition coefficient (Wildman–Crippen LogP) is 2.66. The molecular weight excluding hydrogens is 291 g/mol. The van der Waals surface area contributed by atoms with Crippen LogP contribution in [-0.4, -0.2) is 68.3 Å². The van der Waals surface area contributed by atoms with Crippen molar-refractivity contribution in [1.29, 1.82) is 0 Å². The van der Waals surface area contributed by atoms with E-state index in [4.69, 9.17) is 0 Å². The van der Waals surface area contributed by atoms with E-state index in [-0.39, 0.29) is 0 Å². The zero-order chi connectivity index (χ0) is 17.1. The van der Waals surface area contributed by atoms with Gasteiger partial charge in [0.05, 0.1) is 0 Å². The minimum atomic E-state index is -0.985. The lowest BCUT2D eigenvalue weighted by Crippen LogP contribution is -2.49. The SMILES string of the molecule is CCC1CC1.CCN1CCC(F)(CN(CC)CCNNC)CC1. The van der Waals surface area contributed by atoms with Crippen LogP contribution < -0.4 is 10.9 Å². The summed E-state index contributed by atoms with van der Waals surface area (Å²) in [7, 11) is 1.85. The number of alkyl halides is 1. The van der Waals surface area contributed by atoms with E-state index in [9.17, 15) is 4.39 Å². The predicted molar refractivity (Wildman–Crippen MR) is 97.4 cm³/mol. The van der Waals surface area contributed by atoms with E-state index in [0.29, 0.717) is 19.4 Å². The number of likely N-dealkylation sites (tertiary alicyclic amines) is 1. The monoisotopic (exact) mass is 330 g/mol. The third-order valence-corrected chi connectivity index (χ3v) is 5.16. The largest absolute Gasteiger partial charge is 0.303 e. The summed E-state index contributed by atoms with van der Waals surface area (Å²) in [4.78, 5) is 4.53. The number of nitrogens with one attached hydrogen (secondary N) is 2. The quantitative estimate of drug-likeness (QED) is 0.503. The maximum Gasteiger partial charge on any atom is 0.126 e. The minimum absolute atomic E-state index is 0.576. The zero-order valence-corrected chi connectivity index (χ0v) is 15.8. The molecule has 1 saturated heterocycles. The summed E-state index contributed by atoms with van der Waals surface area (Å²) in [6.45, 7) is 12.6. The average Bonchev–Trinajstić information content (AvgIpc) is 3.40. The first-order valence-corrected chi connectivity index (χ1v) is 9.60. The summed E-state index contributed by atoms with van der Waals surface area (Å²) in [5.41, 5.74) is 4.97. The maximum atomic E-state index is 14.7. The van der Waals surface area contributed by atoms with E-state index < -0.39 is 5.67 Å². The molecule has 0 aromatic carbocycles. The molecule has 0 unspecified atom stereocenters. The van der Waals surface area contributed by atoms with Crippen LogP contribution in [-0.2, 0) is 0 Å². The van der Waals surface area contributed by atoms with Gasteiger partial charge in [0.15, 0.2) is 0 Å². The summed E-state index contributed by atoms with van der Waals surface area (Å²) in [5.74, 6) is 1.13. The molecule has 5 heteroatoms. The van der Waals surface area contributed by atoms with Gasteiger partial charge < -0.3 is 4.90 Å². The van der Waals surface area contributed by atoms with Crippen molar-refractivity contribution in [2.45, 2.75) is 58.5 Å². The summed E-state index contributed by atoms with van der Waals surface area (Å²) < 4.78 is 14.7. The van der Waals surface area contributed by atoms with Crippen molar-refractivity contribution in [2.24, 2.45) is 5.92 Å². The Hall–Kier alpha value is -0.230. The fourth-order valence-corrected chi connectivity index (χ4v) is 3.04. The molecule has 2 fully saturated rings. The molecule has 2 N–H and O–H groups in total. The van der Waals surface area contributed by atoms with Crippen LogP contribution in [0.15, 0.2) is 0 Å². The average molecular weight is 331 g/mol. The molecule has 0 bridgehead atoms. The van der Waals surface area contributed by atoms with Gasteiger partial charge in [-0.25, -0.2) is 4.39 Å². The van der Waals surface area contributed by atoms with Gasteiger partial charge >= 0.3 is 0 Å². The Labute approximate surface area is 143 Å². The van der Waals surface area contributed by atoms with Gasteiger partial charge in [-0.1, -0.05) is 40.0 Å². The standard InChI is InChI=1S/C13H29FN4.C5H10/c1-4-17-9-6-13(14,7-10-17)12-18(5-2)11-8-16-15-3;1-2-5-3-4-5/h15-16H,4-12H2,1-3H3;5H,2-4H2,1H3. The topological polar surface area (TPSA) is 30.5 Å². The summed E-state index contributed by atoms with van der Waals surface area (Å²) in [5, 5.41) is 0. The number of piperidine rings is 1. The smallest absolute Gasteiger partial charge is 0.126 e. The Morgan fingerprint density at radius 3 is 2.22 bits per heavy atom. The number of halogens is 1. The molecule has 2 rings (SSSR count). The minimum Gasteiger partial charge on any atom is -0.303 e. The number of hydrogen-bond donors (Lipinski definition) is 2. The lowest BCUT2D eigenvalue weighted by Gasteiger charge is -2.38. The fraction of sp³-hybridized carbons (Fsp3) is 1.00. The van der Waals surface area contributed by atoms with E-state index in [2.05, 4.69) is 41.4 Å². The van der Waals surface area contributed by atoms with Crippen LogP contribution in [0.2, 0.25) is 0 Å². The lowest BCUT2D eigenvalue weighted by atomic mass is 9.92. The third-order valence-electron chi connectivity index (χ3n) is 5.16. The van der Waals surface area contributed by atoms with Crippen molar-refractivity contribution in [2.75, 3.05) is 52.9 Å². The van der Waals surface area contributed by atoms with Crippen LogP contribution in [0.3, 0.4) is 0 Å². The van der Waals surface area contributed by atoms with Gasteiger partial charge in [-0.15, -0.1) is 0 Å². The molecule has 23 heavy (non-hydrogen) atoms. The van der Waals surface area contributed by atoms with Crippen LogP contribution >= 0.6 is 0 Å². The van der Waals surface area contributed by atoms with Crippen molar-refractivity contribution in [3.8, 4) is 0 Å². The van der Waals surface area contributed by atoms with E-state index in [1.54, 1.807) is 0 Å². The van der Waals surface area contributed by atoms with Crippen LogP contribution in [0, 0.1) is 5.92 Å². The second kappa shape index (κ2) is 11.3. The molecule has 0 aromatic heterocycles. The Kier molecular flexibility index (Phi) is 10.3. The van der Waals surface area contributed by atoms with Crippen molar-refractivity contribution in [3.63, 3.8) is 0 Å². The Morgan fingerprint density at radius 2 is 1.83 bits per heavy atom. The maximum absolute atomic E-state index is 14.7. The summed E-state index contributed by atoms with van der Waals surface area (Å²) in [6, 6.07) is 0. The van der Waals surface area contributed by atoms with Gasteiger partial charge in [-0.2, -0.15) is 0 Å². The van der Waals surface area contributed by atoms with Crippen LogP contribution in [0.5, 0.6) is 0 Å². The van der Waals surface area contributed by atoms with Gasteiger partial charge in [0, 0.05) is 32.7 Å². The fourth-order valence-electron chi connectivity index (χ4n) is 3.04. The molecule has 0 radical (unpaired) electrons. The molecule has 4 nitrogen and oxygen atoms in total. The molecule has 2 aliphatic rings. The number of hydrazine groups is 1. The second-order valence-corrected chi connectivity index (χ2v) is 6.98. The third kappa shape index (κ3) is 8.99. The van der Waals surface area contributed by atoms with Crippen molar-refractivity contribution >= 4 is 0 Å². The van der Waals surface area contributed by atoms with Crippen LogP contribution in [0.25, 0.3) is 0 Å². The first kappa shape index (κ1) is 20.8. The first-order chi connectivity index (χ1) is 11.1. The molecule has 0 spiro atoms. The number of rotatable bonds is 9. The highest BCUT2D eigenvalue weighted by atomic mass is 19.1. The lowest BCUT2D eigenvalue weighted by molar-refractivity contribution is 0.0273. The Balaban J connectivity index is 0.000000446. The Morgan fingerprint density at radius 1 is 1.17 bits per heavy atom. The summed E-state index contributed by atoms with van der Waals surface area (Å²) in [6.07, 6.45) is 5.79. The van der Waals surface area contributed by atoms with Crippen molar-refractivity contribution in [3.05, 3.63) is 0 Å². The molecule has 1 saturated carbocycles. The second-order valence-electron chi connectivity index (χ2n) is 6.98. The zero-order valence-electron chi connectivity index (χ0n) is 15.8. The number of hydrogen-bond acceptors (Lipinski definition) is 4. The van der Waals surface area contributed by atoms with Gasteiger partial charge in [-0.3, -0.25) is 15.8 Å². The molecule has 1 aliphatic heterocycles. The molecule has 1 aliphatic carbocycles. The van der Waals surface area contributed by atoms with E-state index in [0.717, 1.165) is 45.2 Å². The van der Waals surface area contributed by atoms with Gasteiger partial charge in [0.25, 0.3) is 0 Å². The molecule has 1 heterocycles. The highest BCUT2D eigenvalue weighted by Crippen LogP contribution is 2.31. The normalized spacial score (nSPS) is 21.1. The number of nitrogens with zero attached hydrogens (tertiary/aromatic N) is 2. The van der Waals surface area contributed by atoms with Gasteiger partial charge in [0.2, 0.25) is 0 Å². The van der Waals surface area contributed by atoms with Crippen molar-refractivity contribution < 1.29 is 4.39 Å². The van der Waals surface area contributed by atoms with E-state index in [1.165, 1.54) is 19.3 Å². The van der Waals surface area contributed by atoms with E-state index in [1.807, 2.05) is 7.05 Å². The van der Waals surface area contributed by atoms with Crippen LogP contribution in [0.1, 0.15) is 52.9 Å². The number of likely N-dealkylation sites (N-methyl/N-ethyl adjacent to an activating group) is 1. The Bertz CT molecular complexity index is 289. The van der Waals surface area contributed by atoms with Gasteiger partial charge in [-0.05, 0) is 38.9 Å². The van der Waals surface area contributed by atoms with Crippen LogP contribution in [0.4, 0.5) is 4.39 Å². The first-order valence-electron chi connectivity index (χ1n) is 9.60.